The van der Waals surface area contributed by atoms with Gasteiger partial charge in [-0.15, -0.1) is 0 Å². The van der Waals surface area contributed by atoms with Gasteiger partial charge < -0.3 is 11.1 Å². The molecule has 0 fully saturated rings. The molecule has 0 saturated carbocycles. The number of nitrogen functional groups attached to an aromatic ring is 1. The zero-order valence-corrected chi connectivity index (χ0v) is 10.0. The summed E-state index contributed by atoms with van der Waals surface area (Å²) < 4.78 is 0. The molecule has 0 radical (unpaired) electrons. The maximum absolute atomic E-state index is 8.59. The van der Waals surface area contributed by atoms with Gasteiger partial charge in [0.05, 0.1) is 12.5 Å². The van der Waals surface area contributed by atoms with Crippen LogP contribution >= 0.6 is 0 Å². The third-order valence-electron chi connectivity index (χ3n) is 2.62. The summed E-state index contributed by atoms with van der Waals surface area (Å²) in [6.45, 7) is 1.86. The van der Waals surface area contributed by atoms with Crippen LogP contribution in [-0.4, -0.2) is 9.97 Å². The lowest BCUT2D eigenvalue weighted by atomic mass is 10.1. The quantitative estimate of drug-likeness (QED) is 0.857. The average molecular weight is 239 g/mol. The van der Waals surface area contributed by atoms with Crippen molar-refractivity contribution in [2.24, 2.45) is 0 Å². The number of anilines is 3. The number of nitriles is 1. The Morgan fingerprint density at radius 2 is 2.00 bits per heavy atom. The minimum Gasteiger partial charge on any atom is -0.383 e. The lowest BCUT2D eigenvalue weighted by Crippen LogP contribution is -2.01. The standard InChI is InChI=1S/C13H13N5/c1-9-12(15)16-8-17-13(9)18-11-4-2-10(3-5-11)6-7-14/h2-5,8H,6H2,1H3,(H3,15,16,17,18). The van der Waals surface area contributed by atoms with Gasteiger partial charge in [0.25, 0.3) is 0 Å². The molecule has 5 heteroatoms. The second kappa shape index (κ2) is 5.15. The highest BCUT2D eigenvalue weighted by Gasteiger charge is 2.04. The van der Waals surface area contributed by atoms with Crippen molar-refractivity contribution in [2.45, 2.75) is 13.3 Å². The van der Waals surface area contributed by atoms with E-state index in [1.165, 1.54) is 6.33 Å². The molecule has 5 nitrogen and oxygen atoms in total. The summed E-state index contributed by atoms with van der Waals surface area (Å²) in [4.78, 5) is 8.05. The number of benzene rings is 1. The molecule has 0 unspecified atom stereocenters. The number of nitrogens with zero attached hydrogens (tertiary/aromatic N) is 3. The van der Waals surface area contributed by atoms with Gasteiger partial charge in [-0.3, -0.25) is 0 Å². The maximum Gasteiger partial charge on any atom is 0.138 e. The van der Waals surface area contributed by atoms with Crippen LogP contribution in [0.4, 0.5) is 17.3 Å². The molecule has 3 N–H and O–H groups in total. The van der Waals surface area contributed by atoms with Crippen molar-refractivity contribution >= 4 is 17.3 Å². The molecule has 0 saturated heterocycles. The van der Waals surface area contributed by atoms with E-state index in [9.17, 15) is 0 Å². The summed E-state index contributed by atoms with van der Waals surface area (Å²) in [5.74, 6) is 1.16. The number of rotatable bonds is 3. The Kier molecular flexibility index (Phi) is 3.39. The third kappa shape index (κ3) is 2.55. The highest BCUT2D eigenvalue weighted by Crippen LogP contribution is 2.20. The van der Waals surface area contributed by atoms with Crippen molar-refractivity contribution in [2.75, 3.05) is 11.1 Å². The molecular weight excluding hydrogens is 226 g/mol. The van der Waals surface area contributed by atoms with Crippen LogP contribution in [0.15, 0.2) is 30.6 Å². The van der Waals surface area contributed by atoms with Crippen LogP contribution in [-0.2, 0) is 6.42 Å². The van der Waals surface area contributed by atoms with Gasteiger partial charge >= 0.3 is 0 Å². The molecule has 1 aromatic carbocycles. The zero-order valence-electron chi connectivity index (χ0n) is 10.0. The molecule has 0 atom stereocenters. The molecule has 1 heterocycles. The Morgan fingerprint density at radius 3 is 2.67 bits per heavy atom. The molecule has 18 heavy (non-hydrogen) atoms. The Morgan fingerprint density at radius 1 is 1.28 bits per heavy atom. The van der Waals surface area contributed by atoms with Gasteiger partial charge in [-0.05, 0) is 24.6 Å². The molecule has 0 amide bonds. The fraction of sp³-hybridized carbons (Fsp3) is 0.154. The predicted molar refractivity (Wildman–Crippen MR) is 70.2 cm³/mol. The van der Waals surface area contributed by atoms with Crippen LogP contribution in [0.1, 0.15) is 11.1 Å². The first-order valence-electron chi connectivity index (χ1n) is 5.50. The highest BCUT2D eigenvalue weighted by molar-refractivity contribution is 5.63. The van der Waals surface area contributed by atoms with Gasteiger partial charge in [-0.2, -0.15) is 5.26 Å². The van der Waals surface area contributed by atoms with Crippen molar-refractivity contribution in [1.82, 2.24) is 9.97 Å². The molecule has 2 rings (SSSR count). The van der Waals surface area contributed by atoms with Gasteiger partial charge in [0, 0.05) is 11.3 Å². The Bertz CT molecular complexity index is 583. The Hall–Kier alpha value is -2.61. The number of nitrogens with two attached hydrogens (primary N) is 1. The van der Waals surface area contributed by atoms with Crippen molar-refractivity contribution in [3.8, 4) is 6.07 Å². The van der Waals surface area contributed by atoms with E-state index in [0.29, 0.717) is 18.1 Å². The zero-order chi connectivity index (χ0) is 13.0. The first-order valence-corrected chi connectivity index (χ1v) is 5.50. The summed E-state index contributed by atoms with van der Waals surface area (Å²) >= 11 is 0. The second-order valence-corrected chi connectivity index (χ2v) is 3.89. The summed E-state index contributed by atoms with van der Waals surface area (Å²) in [5, 5.41) is 11.8. The van der Waals surface area contributed by atoms with E-state index < -0.39 is 0 Å². The van der Waals surface area contributed by atoms with Gasteiger partial charge in [0.1, 0.15) is 18.0 Å². The fourth-order valence-electron chi connectivity index (χ4n) is 1.52. The molecule has 2 aromatic rings. The van der Waals surface area contributed by atoms with Crippen molar-refractivity contribution in [1.29, 1.82) is 5.26 Å². The van der Waals surface area contributed by atoms with Crippen LogP contribution in [0, 0.1) is 18.3 Å². The summed E-state index contributed by atoms with van der Waals surface area (Å²) in [6, 6.07) is 9.74. The molecule has 0 spiro atoms. The fourth-order valence-corrected chi connectivity index (χ4v) is 1.52. The minimum atomic E-state index is 0.416. The predicted octanol–water partition coefficient (Wildman–Crippen LogP) is 2.18. The largest absolute Gasteiger partial charge is 0.383 e. The van der Waals surface area contributed by atoms with E-state index in [1.54, 1.807) is 0 Å². The Labute approximate surface area is 105 Å². The van der Waals surface area contributed by atoms with Crippen molar-refractivity contribution in [3.63, 3.8) is 0 Å². The summed E-state index contributed by atoms with van der Waals surface area (Å²) in [7, 11) is 0. The highest BCUT2D eigenvalue weighted by atomic mass is 15.0. The number of aromatic nitrogens is 2. The second-order valence-electron chi connectivity index (χ2n) is 3.89. The monoisotopic (exact) mass is 239 g/mol. The van der Waals surface area contributed by atoms with Gasteiger partial charge in [-0.25, -0.2) is 9.97 Å². The van der Waals surface area contributed by atoms with E-state index in [4.69, 9.17) is 11.0 Å². The van der Waals surface area contributed by atoms with E-state index in [0.717, 1.165) is 16.8 Å². The van der Waals surface area contributed by atoms with Gasteiger partial charge in [-0.1, -0.05) is 12.1 Å². The average Bonchev–Trinajstić information content (AvgIpc) is 2.38. The van der Waals surface area contributed by atoms with Gasteiger partial charge in [0.15, 0.2) is 0 Å². The molecule has 0 aliphatic carbocycles. The number of hydrogen-bond acceptors (Lipinski definition) is 5. The summed E-state index contributed by atoms with van der Waals surface area (Å²) in [5.41, 5.74) is 8.42. The normalized spacial score (nSPS) is 9.78. The SMILES string of the molecule is Cc1c(N)ncnc1Nc1ccc(CC#N)cc1. The van der Waals surface area contributed by atoms with Crippen LogP contribution in [0.25, 0.3) is 0 Å². The maximum atomic E-state index is 8.59. The minimum absolute atomic E-state index is 0.416. The lowest BCUT2D eigenvalue weighted by molar-refractivity contribution is 1.14. The van der Waals surface area contributed by atoms with Crippen LogP contribution in [0.5, 0.6) is 0 Å². The smallest absolute Gasteiger partial charge is 0.138 e. The first-order chi connectivity index (χ1) is 8.70. The van der Waals surface area contributed by atoms with E-state index in [2.05, 4.69) is 21.4 Å². The molecule has 1 aromatic heterocycles. The molecule has 0 bridgehead atoms. The molecular formula is C13H13N5. The van der Waals surface area contributed by atoms with E-state index in [1.807, 2.05) is 31.2 Å². The lowest BCUT2D eigenvalue weighted by Gasteiger charge is -2.09. The van der Waals surface area contributed by atoms with Crippen LogP contribution in [0.2, 0.25) is 0 Å². The van der Waals surface area contributed by atoms with E-state index in [-0.39, 0.29) is 0 Å². The number of nitrogens with one attached hydrogen (secondary N) is 1. The number of hydrogen-bond donors (Lipinski definition) is 2. The van der Waals surface area contributed by atoms with Crippen molar-refractivity contribution < 1.29 is 0 Å². The summed E-state index contributed by atoms with van der Waals surface area (Å²) in [6.07, 6.45) is 1.84. The van der Waals surface area contributed by atoms with Gasteiger partial charge in [0.2, 0.25) is 0 Å². The Balaban J connectivity index is 2.19. The molecule has 90 valence electrons. The third-order valence-corrected chi connectivity index (χ3v) is 2.62. The van der Waals surface area contributed by atoms with Crippen LogP contribution < -0.4 is 11.1 Å². The molecule has 0 aliphatic heterocycles. The van der Waals surface area contributed by atoms with Crippen LogP contribution in [0.3, 0.4) is 0 Å². The van der Waals surface area contributed by atoms with E-state index >= 15 is 0 Å². The first kappa shape index (κ1) is 11.9. The topological polar surface area (TPSA) is 87.6 Å². The molecule has 0 aliphatic rings. The van der Waals surface area contributed by atoms with Crippen molar-refractivity contribution in [3.05, 3.63) is 41.7 Å².